The molecule has 0 saturated heterocycles. The predicted octanol–water partition coefficient (Wildman–Crippen LogP) is 3.57. The molecule has 8 heteroatoms. The van der Waals surface area contributed by atoms with Crippen molar-refractivity contribution in [2.45, 2.75) is 26.0 Å². The number of hydrogen-bond acceptors (Lipinski definition) is 7. The van der Waals surface area contributed by atoms with E-state index in [1.807, 2.05) is 37.3 Å². The standard InChI is InChI=1S/C22H25N3O5/c1-5-18(29-15-9-7-6-8-10-15)22(26)25(2)14-20-23-21(24-30-20)17-12-11-16(27-3)13-19(17)28-4/h6-13,18H,5,14H2,1-4H3. The molecule has 0 fully saturated rings. The number of aromatic nitrogens is 2. The zero-order chi connectivity index (χ0) is 21.5. The van der Waals surface area contributed by atoms with Gasteiger partial charge in [0.15, 0.2) is 6.10 Å². The van der Waals surface area contributed by atoms with Gasteiger partial charge in [0.2, 0.25) is 11.7 Å². The number of nitrogens with zero attached hydrogens (tertiary/aromatic N) is 3. The van der Waals surface area contributed by atoms with Crippen molar-refractivity contribution in [3.63, 3.8) is 0 Å². The van der Waals surface area contributed by atoms with Gasteiger partial charge >= 0.3 is 0 Å². The minimum absolute atomic E-state index is 0.164. The second kappa shape index (κ2) is 9.78. The average molecular weight is 411 g/mol. The van der Waals surface area contributed by atoms with Crippen LogP contribution < -0.4 is 14.2 Å². The Hall–Kier alpha value is -3.55. The van der Waals surface area contributed by atoms with Crippen LogP contribution in [-0.2, 0) is 11.3 Å². The molecular weight excluding hydrogens is 386 g/mol. The lowest BCUT2D eigenvalue weighted by molar-refractivity contribution is -0.138. The van der Waals surface area contributed by atoms with Crippen LogP contribution in [0.5, 0.6) is 17.2 Å². The van der Waals surface area contributed by atoms with Gasteiger partial charge in [0.1, 0.15) is 17.2 Å². The molecule has 8 nitrogen and oxygen atoms in total. The highest BCUT2D eigenvalue weighted by atomic mass is 16.5. The SMILES string of the molecule is CCC(Oc1ccccc1)C(=O)N(C)Cc1nc(-c2ccc(OC)cc2OC)no1. The van der Waals surface area contributed by atoms with Crippen LogP contribution in [0.2, 0.25) is 0 Å². The quantitative estimate of drug-likeness (QED) is 0.532. The van der Waals surface area contributed by atoms with Crippen molar-refractivity contribution in [2.75, 3.05) is 21.3 Å². The Morgan fingerprint density at radius 1 is 1.10 bits per heavy atom. The lowest BCUT2D eigenvalue weighted by Gasteiger charge is -2.22. The molecule has 1 unspecified atom stereocenters. The van der Waals surface area contributed by atoms with E-state index in [4.69, 9.17) is 18.7 Å². The molecule has 1 aromatic heterocycles. The molecule has 30 heavy (non-hydrogen) atoms. The minimum Gasteiger partial charge on any atom is -0.497 e. The van der Waals surface area contributed by atoms with Crippen LogP contribution in [-0.4, -0.2) is 48.3 Å². The molecule has 0 aliphatic heterocycles. The third-order valence-corrected chi connectivity index (χ3v) is 4.53. The highest BCUT2D eigenvalue weighted by Gasteiger charge is 2.24. The summed E-state index contributed by atoms with van der Waals surface area (Å²) < 4.78 is 21.8. The van der Waals surface area contributed by atoms with Gasteiger partial charge in [0.05, 0.1) is 26.3 Å². The summed E-state index contributed by atoms with van der Waals surface area (Å²) in [6.07, 6.45) is -0.0580. The lowest BCUT2D eigenvalue weighted by atomic mass is 10.2. The van der Waals surface area contributed by atoms with E-state index in [0.29, 0.717) is 40.9 Å². The first kappa shape index (κ1) is 21.2. The van der Waals surface area contributed by atoms with E-state index in [1.165, 1.54) is 4.90 Å². The van der Waals surface area contributed by atoms with E-state index >= 15 is 0 Å². The van der Waals surface area contributed by atoms with Crippen molar-refractivity contribution < 1.29 is 23.5 Å². The van der Waals surface area contributed by atoms with E-state index in [9.17, 15) is 4.79 Å². The van der Waals surface area contributed by atoms with E-state index in [-0.39, 0.29) is 12.5 Å². The molecule has 0 N–H and O–H groups in total. The number of amides is 1. The Morgan fingerprint density at radius 2 is 1.87 bits per heavy atom. The van der Waals surface area contributed by atoms with Gasteiger partial charge in [-0.25, -0.2) is 0 Å². The first-order chi connectivity index (χ1) is 14.5. The van der Waals surface area contributed by atoms with Gasteiger partial charge in [-0.05, 0) is 30.7 Å². The second-order valence-corrected chi connectivity index (χ2v) is 6.60. The third kappa shape index (κ3) is 4.89. The largest absolute Gasteiger partial charge is 0.497 e. The number of carbonyl (C=O) groups excluding carboxylic acids is 1. The minimum atomic E-state index is -0.596. The van der Waals surface area contributed by atoms with Gasteiger partial charge in [-0.15, -0.1) is 0 Å². The lowest BCUT2D eigenvalue weighted by Crippen LogP contribution is -2.39. The van der Waals surface area contributed by atoms with Crippen LogP contribution in [0.25, 0.3) is 11.4 Å². The molecule has 0 bridgehead atoms. The summed E-state index contributed by atoms with van der Waals surface area (Å²) >= 11 is 0. The Kier molecular flexibility index (Phi) is 6.90. The van der Waals surface area contributed by atoms with Gasteiger partial charge in [-0.3, -0.25) is 4.79 Å². The maximum atomic E-state index is 12.8. The maximum Gasteiger partial charge on any atom is 0.263 e. The van der Waals surface area contributed by atoms with Crippen molar-refractivity contribution in [2.24, 2.45) is 0 Å². The number of carbonyl (C=O) groups is 1. The summed E-state index contributed by atoms with van der Waals surface area (Å²) in [5, 5.41) is 4.02. The van der Waals surface area contributed by atoms with Crippen LogP contribution >= 0.6 is 0 Å². The zero-order valence-corrected chi connectivity index (χ0v) is 17.5. The first-order valence-corrected chi connectivity index (χ1v) is 9.57. The molecule has 0 saturated carbocycles. The Balaban J connectivity index is 1.69. The first-order valence-electron chi connectivity index (χ1n) is 9.57. The number of benzene rings is 2. The topological polar surface area (TPSA) is 86.9 Å². The number of para-hydroxylation sites is 1. The number of likely N-dealkylation sites (N-methyl/N-ethyl adjacent to an activating group) is 1. The van der Waals surface area contributed by atoms with Gasteiger partial charge in [0, 0.05) is 13.1 Å². The van der Waals surface area contributed by atoms with Crippen molar-refractivity contribution in [3.8, 4) is 28.6 Å². The molecule has 3 aromatic rings. The number of hydrogen-bond donors (Lipinski definition) is 0. The molecule has 0 aliphatic carbocycles. The van der Waals surface area contributed by atoms with Crippen molar-refractivity contribution in [1.29, 1.82) is 0 Å². The molecule has 1 heterocycles. The van der Waals surface area contributed by atoms with Gasteiger partial charge < -0.3 is 23.6 Å². The van der Waals surface area contributed by atoms with E-state index in [1.54, 1.807) is 39.5 Å². The smallest absolute Gasteiger partial charge is 0.263 e. The van der Waals surface area contributed by atoms with Crippen LogP contribution in [0, 0.1) is 0 Å². The zero-order valence-electron chi connectivity index (χ0n) is 17.5. The molecule has 1 amide bonds. The predicted molar refractivity (Wildman–Crippen MR) is 110 cm³/mol. The normalized spacial score (nSPS) is 11.6. The summed E-state index contributed by atoms with van der Waals surface area (Å²) in [6, 6.07) is 14.6. The summed E-state index contributed by atoms with van der Waals surface area (Å²) in [6.45, 7) is 2.07. The molecule has 2 aromatic carbocycles. The Morgan fingerprint density at radius 3 is 2.53 bits per heavy atom. The number of rotatable bonds is 9. The summed E-state index contributed by atoms with van der Waals surface area (Å²) in [5.41, 5.74) is 0.668. The van der Waals surface area contributed by atoms with Crippen LogP contribution in [0.1, 0.15) is 19.2 Å². The molecule has 0 aliphatic rings. The molecule has 3 rings (SSSR count). The van der Waals surface area contributed by atoms with E-state index in [0.717, 1.165) is 0 Å². The molecule has 0 radical (unpaired) electrons. The van der Waals surface area contributed by atoms with Gasteiger partial charge in [-0.1, -0.05) is 30.3 Å². The fourth-order valence-electron chi connectivity index (χ4n) is 2.91. The van der Waals surface area contributed by atoms with Crippen LogP contribution in [0.3, 0.4) is 0 Å². The summed E-state index contributed by atoms with van der Waals surface area (Å²) in [7, 11) is 4.82. The van der Waals surface area contributed by atoms with E-state index < -0.39 is 6.10 Å². The number of methoxy groups -OCH3 is 2. The van der Waals surface area contributed by atoms with Crippen LogP contribution in [0.4, 0.5) is 0 Å². The summed E-state index contributed by atoms with van der Waals surface area (Å²) in [5.74, 6) is 2.40. The monoisotopic (exact) mass is 411 g/mol. The molecule has 1 atom stereocenters. The fraction of sp³-hybridized carbons (Fsp3) is 0.318. The second-order valence-electron chi connectivity index (χ2n) is 6.60. The Labute approximate surface area is 175 Å². The number of ether oxygens (including phenoxy) is 3. The Bertz CT molecular complexity index is 974. The van der Waals surface area contributed by atoms with Crippen molar-refractivity contribution in [1.82, 2.24) is 15.0 Å². The maximum absolute atomic E-state index is 12.8. The molecule has 158 valence electrons. The highest BCUT2D eigenvalue weighted by Crippen LogP contribution is 2.31. The molecule has 0 spiro atoms. The van der Waals surface area contributed by atoms with Gasteiger partial charge in [-0.2, -0.15) is 4.98 Å². The molecular formula is C22H25N3O5. The highest BCUT2D eigenvalue weighted by molar-refractivity contribution is 5.81. The van der Waals surface area contributed by atoms with Crippen molar-refractivity contribution >= 4 is 5.91 Å². The third-order valence-electron chi connectivity index (χ3n) is 4.53. The average Bonchev–Trinajstić information content (AvgIpc) is 3.25. The fourth-order valence-corrected chi connectivity index (χ4v) is 2.91. The van der Waals surface area contributed by atoms with E-state index in [2.05, 4.69) is 10.1 Å². The van der Waals surface area contributed by atoms with Crippen LogP contribution in [0.15, 0.2) is 53.1 Å². The summed E-state index contributed by atoms with van der Waals surface area (Å²) in [4.78, 5) is 18.7. The van der Waals surface area contributed by atoms with Crippen molar-refractivity contribution in [3.05, 3.63) is 54.4 Å². The van der Waals surface area contributed by atoms with Gasteiger partial charge in [0.25, 0.3) is 5.91 Å².